The molecule has 2 aromatic carbocycles. The van der Waals surface area contributed by atoms with E-state index in [0.717, 1.165) is 38.3 Å². The third kappa shape index (κ3) is 3.35. The van der Waals surface area contributed by atoms with Gasteiger partial charge in [-0.2, -0.15) is 0 Å². The SMILES string of the molecule is C[C@@H]1CN(c2ccc(NC(=O)N3C[C@@H]4CCCC[C@@]43c3ccccc3)cc2)CCO1. The molecule has 3 atom stereocenters. The van der Waals surface area contributed by atoms with Crippen LogP contribution >= 0.6 is 0 Å². The summed E-state index contributed by atoms with van der Waals surface area (Å²) in [5, 5.41) is 3.15. The smallest absolute Gasteiger partial charge is 0.322 e. The van der Waals surface area contributed by atoms with Crippen LogP contribution in [0.15, 0.2) is 54.6 Å². The number of nitrogens with zero attached hydrogens (tertiary/aromatic N) is 2. The molecule has 30 heavy (non-hydrogen) atoms. The third-order valence-corrected chi connectivity index (χ3v) is 7.16. The molecule has 0 bridgehead atoms. The number of amides is 2. The quantitative estimate of drug-likeness (QED) is 0.794. The molecule has 3 fully saturated rings. The number of fused-ring (bicyclic) bond motifs is 1. The first kappa shape index (κ1) is 19.4. The highest BCUT2D eigenvalue weighted by Gasteiger charge is 2.57. The van der Waals surface area contributed by atoms with Crippen molar-refractivity contribution in [2.45, 2.75) is 44.2 Å². The van der Waals surface area contributed by atoms with E-state index in [2.05, 4.69) is 64.5 Å². The average molecular weight is 406 g/mol. The van der Waals surface area contributed by atoms with Gasteiger partial charge in [0.2, 0.25) is 0 Å². The Morgan fingerprint density at radius 1 is 1.07 bits per heavy atom. The summed E-state index contributed by atoms with van der Waals surface area (Å²) in [7, 11) is 0. The van der Waals surface area contributed by atoms with Gasteiger partial charge in [0.1, 0.15) is 0 Å². The number of urea groups is 1. The zero-order valence-electron chi connectivity index (χ0n) is 17.7. The van der Waals surface area contributed by atoms with Crippen LogP contribution in [0.2, 0.25) is 0 Å². The summed E-state index contributed by atoms with van der Waals surface area (Å²) >= 11 is 0. The van der Waals surface area contributed by atoms with Gasteiger partial charge in [-0.1, -0.05) is 43.2 Å². The van der Waals surface area contributed by atoms with E-state index >= 15 is 0 Å². The van der Waals surface area contributed by atoms with Gasteiger partial charge in [0.15, 0.2) is 0 Å². The van der Waals surface area contributed by atoms with Crippen LogP contribution in [0.25, 0.3) is 0 Å². The van der Waals surface area contributed by atoms with Crippen LogP contribution in [0.4, 0.5) is 16.2 Å². The molecule has 1 aliphatic carbocycles. The van der Waals surface area contributed by atoms with E-state index in [9.17, 15) is 4.79 Å². The molecule has 3 aliphatic rings. The van der Waals surface area contributed by atoms with E-state index in [0.29, 0.717) is 5.92 Å². The molecular weight excluding hydrogens is 374 g/mol. The monoisotopic (exact) mass is 405 g/mol. The molecule has 0 radical (unpaired) electrons. The molecule has 1 saturated carbocycles. The number of likely N-dealkylation sites (tertiary alicyclic amines) is 1. The van der Waals surface area contributed by atoms with Gasteiger partial charge in [-0.3, -0.25) is 0 Å². The Kier molecular flexibility index (Phi) is 5.15. The van der Waals surface area contributed by atoms with Crippen LogP contribution in [-0.4, -0.2) is 43.3 Å². The van der Waals surface area contributed by atoms with Crippen LogP contribution in [-0.2, 0) is 10.3 Å². The fraction of sp³-hybridized carbons (Fsp3) is 0.480. The van der Waals surface area contributed by atoms with Gasteiger partial charge in [0.05, 0.1) is 18.2 Å². The number of carbonyl (C=O) groups is 1. The van der Waals surface area contributed by atoms with Crippen molar-refractivity contribution in [2.24, 2.45) is 5.92 Å². The van der Waals surface area contributed by atoms with E-state index in [1.165, 1.54) is 30.5 Å². The van der Waals surface area contributed by atoms with E-state index in [1.54, 1.807) is 0 Å². The first-order chi connectivity index (χ1) is 14.7. The Labute approximate surface area is 179 Å². The maximum absolute atomic E-state index is 13.2. The summed E-state index contributed by atoms with van der Waals surface area (Å²) in [6.45, 7) is 5.53. The zero-order chi connectivity index (χ0) is 20.6. The maximum atomic E-state index is 13.2. The molecule has 5 nitrogen and oxygen atoms in total. The molecule has 158 valence electrons. The van der Waals surface area contributed by atoms with Crippen molar-refractivity contribution in [1.29, 1.82) is 0 Å². The summed E-state index contributed by atoms with van der Waals surface area (Å²) in [5.74, 6) is 0.574. The second-order valence-corrected chi connectivity index (χ2v) is 8.95. The number of hydrogen-bond donors (Lipinski definition) is 1. The number of benzene rings is 2. The van der Waals surface area contributed by atoms with E-state index in [1.807, 2.05) is 12.1 Å². The molecule has 2 heterocycles. The van der Waals surface area contributed by atoms with E-state index in [4.69, 9.17) is 4.74 Å². The van der Waals surface area contributed by atoms with Gasteiger partial charge in [-0.25, -0.2) is 4.79 Å². The molecule has 0 aromatic heterocycles. The lowest BCUT2D eigenvalue weighted by Gasteiger charge is -2.61. The molecule has 5 rings (SSSR count). The van der Waals surface area contributed by atoms with Gasteiger partial charge in [-0.15, -0.1) is 0 Å². The fourth-order valence-electron chi connectivity index (χ4n) is 5.62. The number of hydrogen-bond acceptors (Lipinski definition) is 3. The Morgan fingerprint density at radius 2 is 1.87 bits per heavy atom. The molecule has 2 aliphatic heterocycles. The molecule has 0 spiro atoms. The lowest BCUT2D eigenvalue weighted by molar-refractivity contribution is -0.0756. The largest absolute Gasteiger partial charge is 0.375 e. The molecular formula is C25H31N3O2. The van der Waals surface area contributed by atoms with Gasteiger partial charge < -0.3 is 19.9 Å². The lowest BCUT2D eigenvalue weighted by Crippen LogP contribution is -2.68. The predicted octanol–water partition coefficient (Wildman–Crippen LogP) is 4.84. The molecule has 0 unspecified atom stereocenters. The second kappa shape index (κ2) is 7.95. The van der Waals surface area contributed by atoms with Gasteiger partial charge in [0.25, 0.3) is 0 Å². The topological polar surface area (TPSA) is 44.8 Å². The van der Waals surface area contributed by atoms with Crippen LogP contribution in [0, 0.1) is 5.92 Å². The molecule has 5 heteroatoms. The minimum absolute atomic E-state index is 0.0183. The van der Waals surface area contributed by atoms with Crippen molar-refractivity contribution in [2.75, 3.05) is 36.5 Å². The highest BCUT2D eigenvalue weighted by atomic mass is 16.5. The van der Waals surface area contributed by atoms with Gasteiger partial charge in [0, 0.05) is 36.9 Å². The van der Waals surface area contributed by atoms with Crippen molar-refractivity contribution >= 4 is 17.4 Å². The van der Waals surface area contributed by atoms with Crippen LogP contribution in [0.5, 0.6) is 0 Å². The highest BCUT2D eigenvalue weighted by Crippen LogP contribution is 2.53. The standard InChI is InChI=1S/C25H31N3O2/c1-19-17-27(15-16-30-19)23-12-10-22(11-13-23)26-24(29)28-18-21-9-5-6-14-25(21,28)20-7-3-2-4-8-20/h2-4,7-8,10-13,19,21H,5-6,9,14-18H2,1H3,(H,26,29)/t19-,21+,25-/m1/s1. The number of nitrogens with one attached hydrogen (secondary N) is 1. The Hall–Kier alpha value is -2.53. The number of carbonyl (C=O) groups excluding carboxylic acids is 1. The normalized spacial score (nSPS) is 28.4. The Bertz CT molecular complexity index is 885. The number of ether oxygens (including phenoxy) is 1. The summed E-state index contributed by atoms with van der Waals surface area (Å²) in [6.07, 6.45) is 4.98. The second-order valence-electron chi connectivity index (χ2n) is 8.95. The van der Waals surface area contributed by atoms with Crippen molar-refractivity contribution in [3.05, 3.63) is 60.2 Å². The Balaban J connectivity index is 1.30. The van der Waals surface area contributed by atoms with Crippen molar-refractivity contribution in [1.82, 2.24) is 4.90 Å². The van der Waals surface area contributed by atoms with Crippen LogP contribution in [0.1, 0.15) is 38.2 Å². The van der Waals surface area contributed by atoms with Gasteiger partial charge >= 0.3 is 6.03 Å². The zero-order valence-corrected chi connectivity index (χ0v) is 17.7. The van der Waals surface area contributed by atoms with Crippen molar-refractivity contribution in [3.8, 4) is 0 Å². The predicted molar refractivity (Wildman–Crippen MR) is 120 cm³/mol. The number of morpholine rings is 1. The third-order valence-electron chi connectivity index (χ3n) is 7.16. The summed E-state index contributed by atoms with van der Waals surface area (Å²) < 4.78 is 5.64. The first-order valence-electron chi connectivity index (χ1n) is 11.3. The molecule has 2 amide bonds. The average Bonchev–Trinajstić information content (AvgIpc) is 2.76. The minimum Gasteiger partial charge on any atom is -0.375 e. The molecule has 2 aromatic rings. The fourth-order valence-corrected chi connectivity index (χ4v) is 5.62. The summed E-state index contributed by atoms with van der Waals surface area (Å²) in [4.78, 5) is 17.7. The van der Waals surface area contributed by atoms with E-state index < -0.39 is 0 Å². The maximum Gasteiger partial charge on any atom is 0.322 e. The van der Waals surface area contributed by atoms with Crippen molar-refractivity contribution < 1.29 is 9.53 Å². The minimum atomic E-state index is -0.131. The molecule has 2 saturated heterocycles. The van der Waals surface area contributed by atoms with E-state index in [-0.39, 0.29) is 17.7 Å². The van der Waals surface area contributed by atoms with Gasteiger partial charge in [-0.05, 0) is 49.6 Å². The van der Waals surface area contributed by atoms with Crippen LogP contribution < -0.4 is 10.2 Å². The van der Waals surface area contributed by atoms with Crippen molar-refractivity contribution in [3.63, 3.8) is 0 Å². The van der Waals surface area contributed by atoms with Crippen LogP contribution in [0.3, 0.4) is 0 Å². The molecule has 1 N–H and O–H groups in total. The number of anilines is 2. The number of rotatable bonds is 3. The first-order valence-corrected chi connectivity index (χ1v) is 11.3. The highest BCUT2D eigenvalue weighted by molar-refractivity contribution is 5.91. The lowest BCUT2D eigenvalue weighted by atomic mass is 9.62. The Morgan fingerprint density at radius 3 is 2.60 bits per heavy atom. The summed E-state index contributed by atoms with van der Waals surface area (Å²) in [6, 6.07) is 18.9. The summed E-state index contributed by atoms with van der Waals surface area (Å²) in [5.41, 5.74) is 3.19.